The Bertz CT molecular complexity index is 655. The summed E-state index contributed by atoms with van der Waals surface area (Å²) in [6, 6.07) is 6.75. The maximum absolute atomic E-state index is 12.3. The number of anilines is 1. The van der Waals surface area contributed by atoms with Gasteiger partial charge in [-0.05, 0) is 31.9 Å². The van der Waals surface area contributed by atoms with Crippen LogP contribution in [0.1, 0.15) is 30.1 Å². The van der Waals surface area contributed by atoms with Crippen LogP contribution in [0.5, 0.6) is 0 Å². The van der Waals surface area contributed by atoms with Crippen molar-refractivity contribution in [1.29, 1.82) is 0 Å². The average Bonchev–Trinajstić information content (AvgIpc) is 2.70. The summed E-state index contributed by atoms with van der Waals surface area (Å²) in [6.07, 6.45) is 1.10. The van der Waals surface area contributed by atoms with Crippen molar-refractivity contribution >= 4 is 23.5 Å². The molecule has 1 amide bonds. The number of hydrogen-bond donors (Lipinski definition) is 2. The molecule has 1 aromatic rings. The maximum Gasteiger partial charge on any atom is 0.340 e. The first-order valence-corrected chi connectivity index (χ1v) is 9.12. The molecule has 0 radical (unpaired) electrons. The fourth-order valence-electron chi connectivity index (χ4n) is 2.93. The fourth-order valence-corrected chi connectivity index (χ4v) is 2.93. The molecule has 0 atom stereocenters. The molecule has 2 N–H and O–H groups in total. The Balaban J connectivity index is 1.82. The lowest BCUT2D eigenvalue weighted by Crippen LogP contribution is -2.42. The number of nitrogens with zero attached hydrogens (tertiary/aromatic N) is 1. The van der Waals surface area contributed by atoms with Gasteiger partial charge in [0, 0.05) is 25.3 Å². The van der Waals surface area contributed by atoms with Crippen molar-refractivity contribution in [3.63, 3.8) is 0 Å². The topological polar surface area (TPSA) is 105 Å². The molecular weight excluding hydrogens is 352 g/mol. The van der Waals surface area contributed by atoms with E-state index in [0.717, 1.165) is 0 Å². The third kappa shape index (κ3) is 5.96. The molecule has 1 heterocycles. The van der Waals surface area contributed by atoms with E-state index in [1.54, 1.807) is 36.1 Å². The molecule has 148 valence electrons. The number of carbonyl (C=O) groups excluding carboxylic acids is 3. The Morgan fingerprint density at radius 2 is 1.89 bits per heavy atom. The molecule has 8 nitrogen and oxygen atoms in total. The Kier molecular flexibility index (Phi) is 8.06. The van der Waals surface area contributed by atoms with E-state index in [1.807, 2.05) is 0 Å². The second-order valence-corrected chi connectivity index (χ2v) is 6.18. The Morgan fingerprint density at radius 3 is 2.56 bits per heavy atom. The number of esters is 2. The summed E-state index contributed by atoms with van der Waals surface area (Å²) in [5.41, 5.74) is 0.846. The van der Waals surface area contributed by atoms with E-state index < -0.39 is 5.97 Å². The van der Waals surface area contributed by atoms with Gasteiger partial charge in [0.05, 0.1) is 24.7 Å². The summed E-state index contributed by atoms with van der Waals surface area (Å²) in [7, 11) is 0. The summed E-state index contributed by atoms with van der Waals surface area (Å²) in [6.45, 7) is 2.88. The molecular formula is C19H26N2O6. The zero-order chi connectivity index (χ0) is 19.6. The largest absolute Gasteiger partial charge is 0.466 e. The van der Waals surface area contributed by atoms with Crippen molar-refractivity contribution in [2.45, 2.75) is 19.8 Å². The predicted molar refractivity (Wildman–Crippen MR) is 98.2 cm³/mol. The summed E-state index contributed by atoms with van der Waals surface area (Å²) in [4.78, 5) is 37.9. The van der Waals surface area contributed by atoms with Crippen LogP contribution in [0.25, 0.3) is 0 Å². The molecule has 0 bridgehead atoms. The minimum absolute atomic E-state index is 0.0659. The number of piperidine rings is 1. The van der Waals surface area contributed by atoms with Gasteiger partial charge >= 0.3 is 11.9 Å². The zero-order valence-corrected chi connectivity index (χ0v) is 15.5. The number of benzene rings is 1. The molecule has 0 aromatic heterocycles. The Morgan fingerprint density at radius 1 is 1.19 bits per heavy atom. The number of nitrogens with one attached hydrogen (secondary N) is 1. The molecule has 1 aliphatic rings. The predicted octanol–water partition coefficient (Wildman–Crippen LogP) is 1.05. The van der Waals surface area contributed by atoms with Gasteiger partial charge in [-0.1, -0.05) is 12.1 Å². The average molecular weight is 378 g/mol. The molecule has 1 fully saturated rings. The van der Waals surface area contributed by atoms with E-state index in [0.29, 0.717) is 50.3 Å². The van der Waals surface area contributed by atoms with Gasteiger partial charge in [0.15, 0.2) is 6.61 Å². The van der Waals surface area contributed by atoms with Gasteiger partial charge in [0.1, 0.15) is 0 Å². The van der Waals surface area contributed by atoms with E-state index in [9.17, 15) is 14.4 Å². The van der Waals surface area contributed by atoms with E-state index in [4.69, 9.17) is 14.6 Å². The van der Waals surface area contributed by atoms with Gasteiger partial charge in [-0.25, -0.2) is 4.79 Å². The first-order valence-electron chi connectivity index (χ1n) is 9.12. The number of likely N-dealkylation sites (tertiary alicyclic amines) is 1. The highest BCUT2D eigenvalue weighted by Gasteiger charge is 2.28. The quantitative estimate of drug-likeness (QED) is 0.652. The van der Waals surface area contributed by atoms with Crippen LogP contribution in [0.2, 0.25) is 0 Å². The lowest BCUT2D eigenvalue weighted by atomic mass is 9.97. The highest BCUT2D eigenvalue weighted by Crippen LogP contribution is 2.19. The first-order chi connectivity index (χ1) is 13.1. The third-order valence-corrected chi connectivity index (χ3v) is 4.37. The molecule has 0 spiro atoms. The molecule has 1 aromatic carbocycles. The highest BCUT2D eigenvalue weighted by atomic mass is 16.5. The van der Waals surface area contributed by atoms with Crippen LogP contribution < -0.4 is 5.32 Å². The number of aliphatic hydroxyl groups is 1. The summed E-state index contributed by atoms with van der Waals surface area (Å²) < 4.78 is 10.2. The van der Waals surface area contributed by atoms with Crippen LogP contribution in [-0.2, 0) is 19.1 Å². The number of hydrogen-bond acceptors (Lipinski definition) is 7. The number of aliphatic hydroxyl groups excluding tert-OH is 1. The van der Waals surface area contributed by atoms with Gasteiger partial charge in [0.2, 0.25) is 0 Å². The fraction of sp³-hybridized carbons (Fsp3) is 0.526. The van der Waals surface area contributed by atoms with Gasteiger partial charge in [-0.3, -0.25) is 9.59 Å². The number of para-hydroxylation sites is 1. The third-order valence-electron chi connectivity index (χ3n) is 4.37. The summed E-state index contributed by atoms with van der Waals surface area (Å²) in [5, 5.41) is 11.8. The number of ether oxygens (including phenoxy) is 2. The lowest BCUT2D eigenvalue weighted by Gasteiger charge is -2.30. The van der Waals surface area contributed by atoms with Crippen LogP contribution in [-0.4, -0.2) is 67.3 Å². The highest BCUT2D eigenvalue weighted by molar-refractivity contribution is 5.96. The van der Waals surface area contributed by atoms with Crippen molar-refractivity contribution in [2.75, 3.05) is 44.8 Å². The molecule has 2 rings (SSSR count). The van der Waals surface area contributed by atoms with Gasteiger partial charge in [-0.2, -0.15) is 0 Å². The molecule has 0 aliphatic carbocycles. The van der Waals surface area contributed by atoms with E-state index in [1.165, 1.54) is 0 Å². The summed E-state index contributed by atoms with van der Waals surface area (Å²) in [5.74, 6) is -1.29. The van der Waals surface area contributed by atoms with Gasteiger partial charge in [0.25, 0.3) is 5.91 Å². The Hall–Kier alpha value is -2.61. The molecule has 27 heavy (non-hydrogen) atoms. The van der Waals surface area contributed by atoms with Crippen molar-refractivity contribution in [2.24, 2.45) is 5.92 Å². The van der Waals surface area contributed by atoms with Crippen molar-refractivity contribution in [1.82, 2.24) is 4.90 Å². The van der Waals surface area contributed by atoms with Gasteiger partial charge in [-0.15, -0.1) is 0 Å². The van der Waals surface area contributed by atoms with Gasteiger partial charge < -0.3 is 24.8 Å². The van der Waals surface area contributed by atoms with Crippen molar-refractivity contribution < 1.29 is 29.0 Å². The molecule has 8 heteroatoms. The van der Waals surface area contributed by atoms with Crippen LogP contribution in [0.4, 0.5) is 5.69 Å². The number of carbonyl (C=O) groups is 3. The second kappa shape index (κ2) is 10.5. The SMILES string of the molecule is CCOC(=O)C1CCN(C(=O)COC(=O)c2ccccc2NCCO)CC1. The normalized spacial score (nSPS) is 14.5. The van der Waals surface area contributed by atoms with Crippen molar-refractivity contribution in [3.05, 3.63) is 29.8 Å². The minimum Gasteiger partial charge on any atom is -0.466 e. The van der Waals surface area contributed by atoms with Crippen LogP contribution in [0.15, 0.2) is 24.3 Å². The molecule has 0 unspecified atom stereocenters. The van der Waals surface area contributed by atoms with E-state index >= 15 is 0 Å². The molecule has 1 aliphatic heterocycles. The minimum atomic E-state index is -0.606. The second-order valence-electron chi connectivity index (χ2n) is 6.18. The zero-order valence-electron chi connectivity index (χ0n) is 15.5. The van der Waals surface area contributed by atoms with Crippen molar-refractivity contribution in [3.8, 4) is 0 Å². The molecule has 1 saturated heterocycles. The smallest absolute Gasteiger partial charge is 0.340 e. The summed E-state index contributed by atoms with van der Waals surface area (Å²) >= 11 is 0. The Labute approximate surface area is 158 Å². The number of amides is 1. The lowest BCUT2D eigenvalue weighted by molar-refractivity contribution is -0.151. The maximum atomic E-state index is 12.3. The number of rotatable bonds is 8. The van der Waals surface area contributed by atoms with Crippen LogP contribution in [0.3, 0.4) is 0 Å². The standard InChI is InChI=1S/C19H26N2O6/c1-2-26-18(24)14-7-10-21(11-8-14)17(23)13-27-19(25)15-5-3-4-6-16(15)20-9-12-22/h3-6,14,20,22H,2,7-13H2,1H3. The van der Waals surface area contributed by atoms with Crippen LogP contribution >= 0.6 is 0 Å². The van der Waals surface area contributed by atoms with Crippen LogP contribution in [0, 0.1) is 5.92 Å². The molecule has 0 saturated carbocycles. The van der Waals surface area contributed by atoms with E-state index in [2.05, 4.69) is 5.32 Å². The first kappa shape index (κ1) is 20.7. The monoisotopic (exact) mass is 378 g/mol. The van der Waals surface area contributed by atoms with E-state index in [-0.39, 0.29) is 31.0 Å².